The fourth-order valence-corrected chi connectivity index (χ4v) is 5.57. The van der Waals surface area contributed by atoms with Gasteiger partial charge in [0.1, 0.15) is 23.9 Å². The van der Waals surface area contributed by atoms with Gasteiger partial charge in [-0.2, -0.15) is 4.98 Å². The van der Waals surface area contributed by atoms with Crippen LogP contribution in [0.1, 0.15) is 60.6 Å². The molecule has 5 rings (SSSR count). The van der Waals surface area contributed by atoms with Crippen LogP contribution in [-0.2, 0) is 9.47 Å². The smallest absolute Gasteiger partial charge is 0.226 e. The molecular weight excluding hydrogens is 557 g/mol. The Morgan fingerprint density at radius 1 is 1.33 bits per heavy atom. The van der Waals surface area contributed by atoms with Crippen molar-refractivity contribution in [2.45, 2.75) is 57.1 Å². The summed E-state index contributed by atoms with van der Waals surface area (Å²) in [7, 11) is 0. The number of rotatable bonds is 4. The van der Waals surface area contributed by atoms with Crippen LogP contribution in [0.25, 0.3) is 11.0 Å². The van der Waals surface area contributed by atoms with Gasteiger partial charge in [-0.25, -0.2) is 8.19 Å². The van der Waals surface area contributed by atoms with E-state index in [-0.39, 0.29) is 29.5 Å². The molecule has 1 saturated heterocycles. The van der Waals surface area contributed by atoms with Gasteiger partial charge in [-0.15, -0.1) is 0 Å². The number of hydrogen-bond donors (Lipinski definition) is 1. The highest BCUT2D eigenvalue weighted by molar-refractivity contribution is 14.1. The van der Waals surface area contributed by atoms with Gasteiger partial charge in [-0.3, -0.25) is 4.79 Å². The summed E-state index contributed by atoms with van der Waals surface area (Å²) < 4.78 is 19.2. The predicted molar refractivity (Wildman–Crippen MR) is 135 cm³/mol. The fourth-order valence-electron chi connectivity index (χ4n) is 5.14. The van der Waals surface area contributed by atoms with E-state index in [9.17, 15) is 4.79 Å². The van der Waals surface area contributed by atoms with Crippen molar-refractivity contribution in [3.63, 3.8) is 0 Å². The number of ether oxygens (including phenoxy) is 2. The SMILES string of the molecule is CC(=NI)c1cn([C@@H]2C[C@H](c3cccc(C=O)c3)[C@H]3OC(C)(C)O[C@H]32)c2nc(Cl)nc(N)c12. The highest BCUT2D eigenvalue weighted by Crippen LogP contribution is 2.52. The second-order valence-corrected chi connectivity index (χ2v) is 9.78. The molecule has 1 aliphatic heterocycles. The Bertz CT molecular complexity index is 1290. The van der Waals surface area contributed by atoms with Crippen molar-refractivity contribution in [3.8, 4) is 0 Å². The quantitative estimate of drug-likeness (QED) is 0.204. The molecule has 33 heavy (non-hydrogen) atoms. The van der Waals surface area contributed by atoms with Crippen molar-refractivity contribution in [2.24, 2.45) is 3.21 Å². The lowest BCUT2D eigenvalue weighted by Crippen LogP contribution is -2.27. The Morgan fingerprint density at radius 3 is 2.82 bits per heavy atom. The molecule has 0 spiro atoms. The van der Waals surface area contributed by atoms with Crippen LogP contribution >= 0.6 is 34.5 Å². The van der Waals surface area contributed by atoms with Gasteiger partial charge >= 0.3 is 0 Å². The van der Waals surface area contributed by atoms with Crippen molar-refractivity contribution in [2.75, 3.05) is 5.73 Å². The van der Waals surface area contributed by atoms with E-state index in [1.54, 1.807) is 6.07 Å². The van der Waals surface area contributed by atoms with Crippen molar-refractivity contribution in [1.82, 2.24) is 14.5 Å². The van der Waals surface area contributed by atoms with Gasteiger partial charge in [0.15, 0.2) is 5.79 Å². The Morgan fingerprint density at radius 2 is 2.09 bits per heavy atom. The largest absolute Gasteiger partial charge is 0.383 e. The summed E-state index contributed by atoms with van der Waals surface area (Å²) in [6.07, 6.45) is 3.20. The lowest BCUT2D eigenvalue weighted by molar-refractivity contribution is -0.157. The maximum absolute atomic E-state index is 11.4. The van der Waals surface area contributed by atoms with Crippen LogP contribution in [0.2, 0.25) is 5.28 Å². The van der Waals surface area contributed by atoms with Crippen LogP contribution in [0.4, 0.5) is 5.82 Å². The zero-order valence-corrected chi connectivity index (χ0v) is 21.2. The zero-order chi connectivity index (χ0) is 23.5. The topological polar surface area (TPSA) is 105 Å². The maximum atomic E-state index is 11.4. The van der Waals surface area contributed by atoms with Crippen LogP contribution in [0.5, 0.6) is 0 Å². The number of aldehydes is 1. The lowest BCUT2D eigenvalue weighted by atomic mass is 9.94. The molecule has 10 heteroatoms. The maximum Gasteiger partial charge on any atom is 0.226 e. The number of hydrogen-bond acceptors (Lipinski definition) is 7. The van der Waals surface area contributed by atoms with Crippen LogP contribution in [0.15, 0.2) is 33.7 Å². The zero-order valence-electron chi connectivity index (χ0n) is 18.3. The monoisotopic (exact) mass is 579 g/mol. The first-order valence-electron chi connectivity index (χ1n) is 10.6. The lowest BCUT2D eigenvalue weighted by Gasteiger charge is -2.24. The molecule has 1 aliphatic carbocycles. The van der Waals surface area contributed by atoms with E-state index in [4.69, 9.17) is 26.8 Å². The van der Waals surface area contributed by atoms with Crippen LogP contribution in [0, 0.1) is 0 Å². The summed E-state index contributed by atoms with van der Waals surface area (Å²) >= 11 is 8.17. The molecule has 3 heterocycles. The average molecular weight is 580 g/mol. The molecule has 0 amide bonds. The predicted octanol–water partition coefficient (Wildman–Crippen LogP) is 4.89. The molecule has 1 aromatic carbocycles. The summed E-state index contributed by atoms with van der Waals surface area (Å²) in [4.78, 5) is 20.1. The molecule has 172 valence electrons. The molecule has 0 radical (unpaired) electrons. The van der Waals surface area contributed by atoms with E-state index < -0.39 is 5.79 Å². The van der Waals surface area contributed by atoms with E-state index in [0.29, 0.717) is 17.0 Å². The van der Waals surface area contributed by atoms with Gasteiger partial charge in [0, 0.05) is 23.2 Å². The second kappa shape index (κ2) is 8.30. The van der Waals surface area contributed by atoms with Gasteiger partial charge in [0.05, 0.1) is 46.1 Å². The summed E-state index contributed by atoms with van der Waals surface area (Å²) in [5.74, 6) is -0.380. The highest BCUT2D eigenvalue weighted by atomic mass is 127. The Labute approximate surface area is 210 Å². The highest BCUT2D eigenvalue weighted by Gasteiger charge is 2.55. The van der Waals surface area contributed by atoms with E-state index in [0.717, 1.165) is 34.9 Å². The average Bonchev–Trinajstić information content (AvgIpc) is 3.41. The number of anilines is 1. The van der Waals surface area contributed by atoms with Crippen molar-refractivity contribution < 1.29 is 14.3 Å². The second-order valence-electron chi connectivity index (χ2n) is 8.96. The van der Waals surface area contributed by atoms with Crippen LogP contribution in [0.3, 0.4) is 0 Å². The van der Waals surface area contributed by atoms with Crippen molar-refractivity contribution in [1.29, 1.82) is 0 Å². The molecule has 3 aromatic rings. The van der Waals surface area contributed by atoms with E-state index in [1.165, 1.54) is 0 Å². The molecule has 2 N–H and O–H groups in total. The minimum atomic E-state index is -0.731. The molecule has 0 unspecified atom stereocenters. The molecule has 4 atom stereocenters. The van der Waals surface area contributed by atoms with Crippen molar-refractivity contribution in [3.05, 3.63) is 52.4 Å². The number of aromatic nitrogens is 3. The first-order chi connectivity index (χ1) is 15.7. The Balaban J connectivity index is 1.67. The number of halogens is 2. The third-order valence-corrected chi connectivity index (χ3v) is 7.35. The van der Waals surface area contributed by atoms with Gasteiger partial charge in [-0.05, 0) is 50.4 Å². The van der Waals surface area contributed by atoms with E-state index in [1.807, 2.05) is 68.0 Å². The number of carbonyl (C=O) groups excluding carboxylic acids is 1. The molecule has 8 nitrogen and oxygen atoms in total. The number of fused-ring (bicyclic) bond motifs is 2. The van der Waals surface area contributed by atoms with Gasteiger partial charge in [0.2, 0.25) is 5.28 Å². The van der Waals surface area contributed by atoms with Crippen molar-refractivity contribution >= 4 is 63.3 Å². The number of nitrogens with two attached hydrogens (primary N) is 1. The van der Waals surface area contributed by atoms with E-state index >= 15 is 0 Å². The minimum absolute atomic E-state index is 0.0385. The summed E-state index contributed by atoms with van der Waals surface area (Å²) in [5.41, 5.74) is 10.3. The number of carbonyl (C=O) groups is 1. The summed E-state index contributed by atoms with van der Waals surface area (Å²) in [5, 5.41) is 0.808. The molecular formula is C23H23ClIN5O3. The molecule has 2 aromatic heterocycles. The van der Waals surface area contributed by atoms with Crippen LogP contribution in [-0.4, -0.2) is 44.5 Å². The third kappa shape index (κ3) is 3.84. The molecule has 2 aliphatic rings. The number of benzene rings is 1. The number of nitrogen functional groups attached to an aromatic ring is 1. The Kier molecular flexibility index (Phi) is 5.71. The first kappa shape index (κ1) is 22.7. The minimum Gasteiger partial charge on any atom is -0.383 e. The van der Waals surface area contributed by atoms with Gasteiger partial charge < -0.3 is 19.8 Å². The first-order valence-corrected chi connectivity index (χ1v) is 12.0. The third-order valence-electron chi connectivity index (χ3n) is 6.46. The number of nitrogens with zero attached hydrogens (tertiary/aromatic N) is 4. The molecule has 0 bridgehead atoms. The fraction of sp³-hybridized carbons (Fsp3) is 0.391. The van der Waals surface area contributed by atoms with E-state index in [2.05, 4.69) is 17.7 Å². The normalized spacial score (nSPS) is 26.6. The Hall–Kier alpha value is -2.08. The van der Waals surface area contributed by atoms with Crippen LogP contribution < -0.4 is 5.73 Å². The summed E-state index contributed by atoms with van der Waals surface area (Å²) in [6, 6.07) is 7.57. The van der Waals surface area contributed by atoms with Gasteiger partial charge in [-0.1, -0.05) is 18.2 Å². The molecule has 2 fully saturated rings. The molecule has 1 saturated carbocycles. The standard InChI is InChI=1S/C23H23ClIN5O3/c1-11(29-25)15-9-30(21-17(15)20(26)27-22(24)28-21)16-8-14(13-6-4-5-12(7-13)10-31)18-19(16)33-23(2,3)32-18/h4-7,9-10,14,16,18-19H,8H2,1-3H3,(H2,26,27,28)/t14-,16-,18-,19+/m1/s1. The summed E-state index contributed by atoms with van der Waals surface area (Å²) in [6.45, 7) is 5.76. The van der Waals surface area contributed by atoms with Gasteiger partial charge in [0.25, 0.3) is 0 Å².